The minimum absolute atomic E-state index is 0. The van der Waals surface area contributed by atoms with Gasteiger partial charge in [-0.05, 0) is 96.6 Å². The van der Waals surface area contributed by atoms with Crippen LogP contribution in [0.3, 0.4) is 0 Å². The van der Waals surface area contributed by atoms with Crippen molar-refractivity contribution in [2.45, 2.75) is 50.6 Å². The smallest absolute Gasteiger partial charge is 0.204 e. The molecule has 0 aromatic heterocycles. The van der Waals surface area contributed by atoms with Crippen molar-refractivity contribution in [1.82, 2.24) is 4.90 Å². The summed E-state index contributed by atoms with van der Waals surface area (Å²) in [4.78, 5) is 14.0. The highest BCUT2D eigenvalue weighted by Crippen LogP contribution is 2.53. The van der Waals surface area contributed by atoms with E-state index in [0.717, 1.165) is 54.8 Å². The molecule has 290 valence electrons. The van der Waals surface area contributed by atoms with Crippen LogP contribution in [0.4, 0.5) is 0 Å². The lowest BCUT2D eigenvalue weighted by molar-refractivity contribution is -0.941. The molecular weight excluding hydrogens is 731 g/mol. The fourth-order valence-corrected chi connectivity index (χ4v) is 8.36. The summed E-state index contributed by atoms with van der Waals surface area (Å²) in [5, 5.41) is 11.6. The van der Waals surface area contributed by atoms with Crippen LogP contribution in [0.1, 0.15) is 58.3 Å². The summed E-state index contributed by atoms with van der Waals surface area (Å²) in [5.41, 5.74) is 6.76. The molecular formula is C42H50Cl2N2O8. The van der Waals surface area contributed by atoms with Gasteiger partial charge in [0.15, 0.2) is 34.5 Å². The number of carbonyl (C=O) groups excluding carboxylic acids is 1. The molecule has 4 aliphatic rings. The first-order valence-electron chi connectivity index (χ1n) is 18.0. The summed E-state index contributed by atoms with van der Waals surface area (Å²) in [6.07, 6.45) is 3.51. The maximum absolute atomic E-state index is 11.6. The first-order chi connectivity index (χ1) is 25.1. The Morgan fingerprint density at radius 3 is 2.19 bits per heavy atom. The van der Waals surface area contributed by atoms with Crippen LogP contribution >= 0.6 is 24.8 Å². The average Bonchev–Trinajstić information content (AvgIpc) is 3.14. The van der Waals surface area contributed by atoms with Crippen molar-refractivity contribution in [2.75, 3.05) is 62.2 Å². The lowest BCUT2D eigenvalue weighted by Crippen LogP contribution is -2.52. The van der Waals surface area contributed by atoms with Gasteiger partial charge in [-0.2, -0.15) is 0 Å². The van der Waals surface area contributed by atoms with Crippen LogP contribution in [0.25, 0.3) is 0 Å². The Hall–Kier alpha value is -4.35. The number of halogens is 2. The van der Waals surface area contributed by atoms with Crippen LogP contribution in [-0.4, -0.2) is 77.5 Å². The number of benzene rings is 4. The first-order valence-corrected chi connectivity index (χ1v) is 18.0. The Kier molecular flexibility index (Phi) is 12.8. The highest BCUT2D eigenvalue weighted by atomic mass is 35.5. The molecule has 10 nitrogen and oxygen atoms in total. The molecule has 4 heterocycles. The number of carboxylic acids is 1. The van der Waals surface area contributed by atoms with Crippen LogP contribution in [0.2, 0.25) is 0 Å². The highest BCUT2D eigenvalue weighted by Gasteiger charge is 2.43. The maximum Gasteiger partial charge on any atom is 0.204 e. The Labute approximate surface area is 330 Å². The fraction of sp³-hybridized carbons (Fsp3) is 0.405. The quantitative estimate of drug-likeness (QED) is 0.174. The molecule has 3 unspecified atom stereocenters. The van der Waals surface area contributed by atoms with Crippen molar-refractivity contribution < 1.29 is 42.8 Å². The molecule has 8 rings (SSSR count). The summed E-state index contributed by atoms with van der Waals surface area (Å²) in [6.45, 7) is 2.35. The molecule has 0 radical (unpaired) electrons. The molecule has 4 aliphatic heterocycles. The van der Waals surface area contributed by atoms with Gasteiger partial charge in [-0.1, -0.05) is 18.2 Å². The molecule has 0 aliphatic carbocycles. The Morgan fingerprint density at radius 1 is 0.815 bits per heavy atom. The van der Waals surface area contributed by atoms with Gasteiger partial charge in [0.2, 0.25) is 5.75 Å². The average molecular weight is 782 g/mol. The topological polar surface area (TPSA) is 98.8 Å². The van der Waals surface area contributed by atoms with E-state index in [9.17, 15) is 9.90 Å². The van der Waals surface area contributed by atoms with Gasteiger partial charge in [0, 0.05) is 37.8 Å². The number of carboxylic acid groups (broad SMARTS) is 1. The molecule has 12 heteroatoms. The van der Waals surface area contributed by atoms with Crippen LogP contribution in [0.5, 0.6) is 46.0 Å². The minimum Gasteiger partial charge on any atom is -0.550 e. The Morgan fingerprint density at radius 2 is 1.50 bits per heavy atom. The summed E-state index contributed by atoms with van der Waals surface area (Å²) < 4.78 is 38.0. The van der Waals surface area contributed by atoms with Gasteiger partial charge in [0.1, 0.15) is 11.8 Å². The number of ether oxygens (including phenoxy) is 6. The SMILES string of the molecule is COc1ccc2cc1Oc1ccc(cc1)CC1c3cc(c(OC)cc3CCN1C)Oc1c(OC)c(OC)cc3c1C(C2)[N+](C)(CCCC(=O)[O-])CC3.Cl.Cl. The molecule has 54 heavy (non-hydrogen) atoms. The van der Waals surface area contributed by atoms with Crippen molar-refractivity contribution in [3.8, 4) is 46.0 Å². The second-order valence-corrected chi connectivity index (χ2v) is 14.4. The maximum atomic E-state index is 11.6. The van der Waals surface area contributed by atoms with Gasteiger partial charge >= 0.3 is 0 Å². The first kappa shape index (κ1) is 40.8. The summed E-state index contributed by atoms with van der Waals surface area (Å²) in [5.74, 6) is 3.84. The molecule has 0 saturated carbocycles. The van der Waals surface area contributed by atoms with Crippen LogP contribution in [0.15, 0.2) is 60.7 Å². The Balaban J connectivity index is 0.00000280. The van der Waals surface area contributed by atoms with E-state index >= 15 is 0 Å². The highest BCUT2D eigenvalue weighted by molar-refractivity contribution is 5.85. The number of nitrogens with zero attached hydrogens (tertiary/aromatic N) is 2. The van der Waals surface area contributed by atoms with Crippen molar-refractivity contribution in [3.05, 3.63) is 94.0 Å². The van der Waals surface area contributed by atoms with Gasteiger partial charge in [-0.25, -0.2) is 0 Å². The lowest BCUT2D eigenvalue weighted by atomic mass is 9.85. The van der Waals surface area contributed by atoms with E-state index in [1.807, 2.05) is 24.3 Å². The third-order valence-electron chi connectivity index (χ3n) is 11.3. The number of hydrogen-bond acceptors (Lipinski definition) is 9. The second-order valence-electron chi connectivity index (χ2n) is 14.4. The van der Waals surface area contributed by atoms with Crippen molar-refractivity contribution >= 4 is 30.8 Å². The van der Waals surface area contributed by atoms with E-state index in [0.29, 0.717) is 64.1 Å². The van der Waals surface area contributed by atoms with Crippen LogP contribution < -0.4 is 33.5 Å². The van der Waals surface area contributed by atoms with E-state index in [1.165, 1.54) is 16.7 Å². The second kappa shape index (κ2) is 17.0. The van der Waals surface area contributed by atoms with E-state index < -0.39 is 5.97 Å². The lowest BCUT2D eigenvalue weighted by Gasteiger charge is -2.46. The normalized spacial score (nSPS) is 20.0. The van der Waals surface area contributed by atoms with E-state index in [2.05, 4.69) is 55.4 Å². The van der Waals surface area contributed by atoms with Crippen molar-refractivity contribution in [1.29, 1.82) is 0 Å². The van der Waals surface area contributed by atoms with E-state index in [4.69, 9.17) is 28.4 Å². The third kappa shape index (κ3) is 7.89. The van der Waals surface area contributed by atoms with Crippen molar-refractivity contribution in [2.24, 2.45) is 0 Å². The molecule has 3 atom stereocenters. The number of fused-ring (bicyclic) bond motifs is 2. The van der Waals surface area contributed by atoms with Crippen molar-refractivity contribution in [3.63, 3.8) is 0 Å². The summed E-state index contributed by atoms with van der Waals surface area (Å²) in [6, 6.07) is 20.6. The van der Waals surface area contributed by atoms with E-state index in [1.54, 1.807) is 28.4 Å². The zero-order valence-corrected chi connectivity index (χ0v) is 33.4. The molecule has 4 aromatic rings. The predicted molar refractivity (Wildman–Crippen MR) is 210 cm³/mol. The van der Waals surface area contributed by atoms with Gasteiger partial charge in [-0.3, -0.25) is 4.90 Å². The molecule has 0 N–H and O–H groups in total. The largest absolute Gasteiger partial charge is 0.550 e. The number of aliphatic carboxylic acids is 1. The zero-order valence-electron chi connectivity index (χ0n) is 31.8. The number of quaternary nitrogens is 1. The number of rotatable bonds is 8. The molecule has 0 amide bonds. The van der Waals surface area contributed by atoms with Gasteiger partial charge in [-0.15, -0.1) is 24.8 Å². The zero-order chi connectivity index (χ0) is 36.6. The predicted octanol–water partition coefficient (Wildman–Crippen LogP) is 7.05. The number of likely N-dealkylation sites (N-methyl/N-ethyl adjacent to an activating group) is 2. The number of methoxy groups -OCH3 is 4. The minimum atomic E-state index is -1.04. The van der Waals surface area contributed by atoms with Gasteiger partial charge < -0.3 is 42.8 Å². The van der Waals surface area contributed by atoms with E-state index in [-0.39, 0.29) is 43.3 Å². The summed E-state index contributed by atoms with van der Waals surface area (Å²) >= 11 is 0. The summed E-state index contributed by atoms with van der Waals surface area (Å²) in [7, 11) is 11.0. The Bertz CT molecular complexity index is 1970. The number of carbonyl (C=O) groups is 1. The monoisotopic (exact) mass is 780 g/mol. The van der Waals surface area contributed by atoms with Gasteiger partial charge in [0.25, 0.3) is 0 Å². The standard InChI is InChI=1S/C42H48N2O8.2ClH/c1-43-17-15-28-23-35(48-4)37-25-31(28)32(43)20-26-9-12-30(13-10-26)51-36-22-27(11-14-34(36)47-3)21-33-40-29(16-19-44(33,2)18-7-8-39(45)46)24-38(49-5)41(50-6)42(40)52-37;;/h9-14,22-25,32-33H,7-8,15-21H2,1-6H3;2*1H. The fourth-order valence-electron chi connectivity index (χ4n) is 8.36. The molecule has 6 bridgehead atoms. The van der Waals surface area contributed by atoms with Crippen LogP contribution in [0, 0.1) is 0 Å². The molecule has 0 saturated heterocycles. The molecule has 0 spiro atoms. The number of hydrogen-bond donors (Lipinski definition) is 0. The third-order valence-corrected chi connectivity index (χ3v) is 11.3. The van der Waals surface area contributed by atoms with Crippen LogP contribution in [-0.2, 0) is 30.5 Å². The van der Waals surface area contributed by atoms with Gasteiger partial charge in [0.05, 0.1) is 54.1 Å². The molecule has 4 aromatic carbocycles. The molecule has 0 fully saturated rings.